The number of hydrogen-bond acceptors (Lipinski definition) is 1. The van der Waals surface area contributed by atoms with E-state index in [9.17, 15) is 0 Å². The van der Waals surface area contributed by atoms with Crippen molar-refractivity contribution in [3.8, 4) is 44.9 Å². The Hall–Kier alpha value is -4.88. The second-order valence-electron chi connectivity index (χ2n) is 9.68. The van der Waals surface area contributed by atoms with Crippen LogP contribution in [0.4, 0.5) is 0 Å². The second-order valence-corrected chi connectivity index (χ2v) is 9.68. The average molecular weight is 471 g/mol. The van der Waals surface area contributed by atoms with E-state index in [1.165, 1.54) is 43.4 Å². The largest absolute Gasteiger partial charge is 0.455 e. The fourth-order valence-electron chi connectivity index (χ4n) is 6.00. The van der Waals surface area contributed by atoms with Gasteiger partial charge in [0.2, 0.25) is 0 Å². The molecule has 37 heavy (non-hydrogen) atoms. The van der Waals surface area contributed by atoms with Gasteiger partial charge in [-0.3, -0.25) is 0 Å². The molecule has 7 aromatic rings. The summed E-state index contributed by atoms with van der Waals surface area (Å²) in [6.07, 6.45) is 0. The van der Waals surface area contributed by atoms with Crippen LogP contribution >= 0.6 is 0 Å². The van der Waals surface area contributed by atoms with Gasteiger partial charge in [0.15, 0.2) is 0 Å². The highest BCUT2D eigenvalue weighted by atomic mass is 16.5. The summed E-state index contributed by atoms with van der Waals surface area (Å²) in [5, 5.41) is 7.68. The molecule has 1 aliphatic heterocycles. The Balaban J connectivity index is 1.43. The van der Waals surface area contributed by atoms with E-state index < -0.39 is 0 Å². The topological polar surface area (TPSA) is 9.23 Å². The standard InChI is InChI=1S/C36H22O/c1-2-12-27-25(10-1)26-11-3-6-15-30(26)34-22-23(20-21-31(27)34)24-17-9-18-33-29-14-5-4-13-28(29)32-16-7-8-19-35(32)37-36(24)33/h1-22H. The summed E-state index contributed by atoms with van der Waals surface area (Å²) in [6.45, 7) is 0. The van der Waals surface area contributed by atoms with Crippen LogP contribution in [0.5, 0.6) is 11.5 Å². The highest BCUT2D eigenvalue weighted by molar-refractivity contribution is 6.25. The number of rotatable bonds is 1. The van der Waals surface area contributed by atoms with E-state index in [4.69, 9.17) is 4.74 Å². The van der Waals surface area contributed by atoms with Crippen molar-refractivity contribution in [3.05, 3.63) is 133 Å². The predicted molar refractivity (Wildman–Crippen MR) is 155 cm³/mol. The molecule has 0 radical (unpaired) electrons. The Bertz CT molecular complexity index is 1980. The Morgan fingerprint density at radius 3 is 1.51 bits per heavy atom. The van der Waals surface area contributed by atoms with Gasteiger partial charge < -0.3 is 4.74 Å². The average Bonchev–Trinajstić information content (AvgIpc) is 3.12. The van der Waals surface area contributed by atoms with E-state index in [1.807, 2.05) is 6.07 Å². The number of hydrogen-bond donors (Lipinski definition) is 0. The maximum absolute atomic E-state index is 6.74. The molecule has 0 aromatic heterocycles. The zero-order valence-electron chi connectivity index (χ0n) is 20.1. The van der Waals surface area contributed by atoms with Gasteiger partial charge in [-0.25, -0.2) is 0 Å². The van der Waals surface area contributed by atoms with Gasteiger partial charge in [-0.05, 0) is 61.1 Å². The Labute approximate surface area is 215 Å². The summed E-state index contributed by atoms with van der Waals surface area (Å²) in [5.41, 5.74) is 6.89. The molecule has 172 valence electrons. The summed E-state index contributed by atoms with van der Waals surface area (Å²) in [5.74, 6) is 1.79. The summed E-state index contributed by atoms with van der Waals surface area (Å²) < 4.78 is 6.74. The van der Waals surface area contributed by atoms with Crippen molar-refractivity contribution in [3.63, 3.8) is 0 Å². The molecule has 0 N–H and O–H groups in total. The van der Waals surface area contributed by atoms with Gasteiger partial charge in [-0.2, -0.15) is 0 Å². The molecular weight excluding hydrogens is 448 g/mol. The highest BCUT2D eigenvalue weighted by Gasteiger charge is 2.23. The first-order valence-corrected chi connectivity index (χ1v) is 12.7. The first kappa shape index (κ1) is 20.3. The predicted octanol–water partition coefficient (Wildman–Crippen LogP) is 10.3. The smallest absolute Gasteiger partial charge is 0.143 e. The van der Waals surface area contributed by atoms with Crippen molar-refractivity contribution in [2.75, 3.05) is 0 Å². The van der Waals surface area contributed by atoms with Gasteiger partial charge in [0.05, 0.1) is 0 Å². The van der Waals surface area contributed by atoms with E-state index >= 15 is 0 Å². The third-order valence-corrected chi connectivity index (χ3v) is 7.68. The van der Waals surface area contributed by atoms with Crippen molar-refractivity contribution < 1.29 is 4.74 Å². The first-order valence-electron chi connectivity index (χ1n) is 12.7. The molecule has 0 saturated carbocycles. The fourth-order valence-corrected chi connectivity index (χ4v) is 6.00. The normalized spacial score (nSPS) is 12.0. The molecule has 1 heteroatoms. The third-order valence-electron chi connectivity index (χ3n) is 7.68. The highest BCUT2D eigenvalue weighted by Crippen LogP contribution is 2.50. The molecule has 0 fully saturated rings. The van der Waals surface area contributed by atoms with E-state index in [0.29, 0.717) is 0 Å². The molecule has 7 aromatic carbocycles. The molecule has 1 aliphatic rings. The number of para-hydroxylation sites is 2. The van der Waals surface area contributed by atoms with Crippen LogP contribution in [-0.4, -0.2) is 0 Å². The van der Waals surface area contributed by atoms with Gasteiger partial charge in [0, 0.05) is 16.7 Å². The lowest BCUT2D eigenvalue weighted by molar-refractivity contribution is 0.489. The first-order chi connectivity index (χ1) is 18.4. The van der Waals surface area contributed by atoms with Crippen LogP contribution in [0.1, 0.15) is 0 Å². The molecule has 0 bridgehead atoms. The lowest BCUT2D eigenvalue weighted by Crippen LogP contribution is -1.91. The molecule has 0 saturated heterocycles. The van der Waals surface area contributed by atoms with Crippen LogP contribution in [0, 0.1) is 0 Å². The van der Waals surface area contributed by atoms with Crippen molar-refractivity contribution in [2.24, 2.45) is 0 Å². The molecule has 1 heterocycles. The Kier molecular flexibility index (Phi) is 4.29. The summed E-state index contributed by atoms with van der Waals surface area (Å²) >= 11 is 0. The zero-order chi connectivity index (χ0) is 24.3. The number of ether oxygens (including phenoxy) is 1. The summed E-state index contributed by atoms with van der Waals surface area (Å²) in [6, 6.07) is 47.7. The van der Waals surface area contributed by atoms with Gasteiger partial charge in [-0.1, -0.05) is 121 Å². The van der Waals surface area contributed by atoms with E-state index in [2.05, 4.69) is 127 Å². The van der Waals surface area contributed by atoms with Crippen LogP contribution < -0.4 is 4.74 Å². The minimum absolute atomic E-state index is 0.887. The fraction of sp³-hybridized carbons (Fsp3) is 0. The van der Waals surface area contributed by atoms with Crippen molar-refractivity contribution >= 4 is 32.3 Å². The van der Waals surface area contributed by atoms with E-state index in [-0.39, 0.29) is 0 Å². The third kappa shape index (κ3) is 2.98. The van der Waals surface area contributed by atoms with Crippen molar-refractivity contribution in [1.82, 2.24) is 0 Å². The second kappa shape index (κ2) is 7.81. The minimum Gasteiger partial charge on any atom is -0.455 e. The van der Waals surface area contributed by atoms with Crippen molar-refractivity contribution in [1.29, 1.82) is 0 Å². The quantitative estimate of drug-likeness (QED) is 0.217. The molecule has 0 unspecified atom stereocenters. The monoisotopic (exact) mass is 470 g/mol. The minimum atomic E-state index is 0.887. The number of benzene rings is 7. The molecular formula is C36H22O. The van der Waals surface area contributed by atoms with Gasteiger partial charge in [0.1, 0.15) is 11.5 Å². The molecule has 1 nitrogen and oxygen atoms in total. The molecule has 0 aliphatic carbocycles. The van der Waals surface area contributed by atoms with Crippen LogP contribution in [-0.2, 0) is 0 Å². The maximum Gasteiger partial charge on any atom is 0.143 e. The zero-order valence-corrected chi connectivity index (χ0v) is 20.1. The van der Waals surface area contributed by atoms with Gasteiger partial charge >= 0.3 is 0 Å². The molecule has 8 rings (SSSR count). The van der Waals surface area contributed by atoms with Crippen molar-refractivity contribution in [2.45, 2.75) is 0 Å². The van der Waals surface area contributed by atoms with E-state index in [0.717, 1.165) is 33.8 Å². The van der Waals surface area contributed by atoms with Crippen LogP contribution in [0.3, 0.4) is 0 Å². The van der Waals surface area contributed by atoms with Crippen LogP contribution in [0.15, 0.2) is 133 Å². The van der Waals surface area contributed by atoms with Crippen LogP contribution in [0.25, 0.3) is 65.7 Å². The van der Waals surface area contributed by atoms with Crippen LogP contribution in [0.2, 0.25) is 0 Å². The summed E-state index contributed by atoms with van der Waals surface area (Å²) in [4.78, 5) is 0. The molecule has 0 atom stereocenters. The van der Waals surface area contributed by atoms with Gasteiger partial charge in [0.25, 0.3) is 0 Å². The SMILES string of the molecule is c1ccc2c(c1)Oc1c(-c3ccc4c5ccccc5c5ccccc5c4c3)cccc1-c1ccccc1-2. The van der Waals surface area contributed by atoms with E-state index in [1.54, 1.807) is 0 Å². The maximum atomic E-state index is 6.74. The lowest BCUT2D eigenvalue weighted by Gasteiger charge is -2.16. The summed E-state index contributed by atoms with van der Waals surface area (Å²) in [7, 11) is 0. The Morgan fingerprint density at radius 2 is 0.811 bits per heavy atom. The number of fused-ring (bicyclic) bond motifs is 11. The van der Waals surface area contributed by atoms with Gasteiger partial charge in [-0.15, -0.1) is 0 Å². The molecule has 0 amide bonds. The lowest BCUT2D eigenvalue weighted by atomic mass is 9.90. The molecule has 0 spiro atoms. The Morgan fingerprint density at radius 1 is 0.324 bits per heavy atom.